The first kappa shape index (κ1) is 26.6. The number of ether oxygens (including phenoxy) is 2. The fraction of sp³-hybridized carbons (Fsp3) is 0.286. The first-order valence-electron chi connectivity index (χ1n) is 9.42. The summed E-state index contributed by atoms with van der Waals surface area (Å²) in [5, 5.41) is 0. The van der Waals surface area contributed by atoms with E-state index in [1.54, 1.807) is 12.1 Å². The molecule has 0 radical (unpaired) electrons. The molecule has 178 valence electrons. The van der Waals surface area contributed by atoms with Crippen LogP contribution in [0.25, 0.3) is 0 Å². The Kier molecular flexibility index (Phi) is 9.20. The van der Waals surface area contributed by atoms with Gasteiger partial charge < -0.3 is 9.47 Å². The molecule has 0 aliphatic heterocycles. The van der Waals surface area contributed by atoms with Crippen molar-refractivity contribution in [2.45, 2.75) is 20.1 Å². The summed E-state index contributed by atoms with van der Waals surface area (Å²) in [6.45, 7) is 0. The zero-order chi connectivity index (χ0) is 24.6. The van der Waals surface area contributed by atoms with Crippen molar-refractivity contribution >= 4 is 49.2 Å². The molecule has 0 amide bonds. The fourth-order valence-electron chi connectivity index (χ4n) is 2.76. The number of ketones is 1. The minimum atomic E-state index is -4.47. The minimum absolute atomic E-state index is 0.242. The molecule has 0 saturated carbocycles. The van der Waals surface area contributed by atoms with Crippen LogP contribution < -0.4 is 0 Å². The van der Waals surface area contributed by atoms with Crippen LogP contribution in [0, 0.1) is 5.92 Å². The summed E-state index contributed by atoms with van der Waals surface area (Å²) < 4.78 is 60.0. The van der Waals surface area contributed by atoms with Crippen LogP contribution in [0.1, 0.15) is 6.42 Å². The molecule has 2 rings (SSSR count). The average molecular weight is 515 g/mol. The molecule has 0 aliphatic rings. The number of esters is 2. The van der Waals surface area contributed by atoms with Crippen LogP contribution in [-0.4, -0.2) is 58.4 Å². The van der Waals surface area contributed by atoms with Gasteiger partial charge >= 0.3 is 11.9 Å². The molecule has 2 aromatic rings. The number of hydrogen-bond acceptors (Lipinski definition) is 10. The lowest BCUT2D eigenvalue weighted by Crippen LogP contribution is -2.33. The summed E-state index contributed by atoms with van der Waals surface area (Å²) in [6.07, 6.45) is -0.621. The molecule has 33 heavy (non-hydrogen) atoms. The Hall–Kier alpha value is -2.70. The number of thioether (sulfide) groups is 1. The summed E-state index contributed by atoms with van der Waals surface area (Å²) in [7, 11) is -6.84. The zero-order valence-electron chi connectivity index (χ0n) is 17.7. The number of sulfone groups is 2. The third kappa shape index (κ3) is 6.42. The number of hydrogen-bond donors (Lipinski definition) is 0. The third-order valence-electron chi connectivity index (χ3n) is 4.48. The molecule has 2 aromatic carbocycles. The highest BCUT2D eigenvalue weighted by Crippen LogP contribution is 2.34. The molecule has 0 spiro atoms. The molecular formula is C21H22O9S3. The lowest BCUT2D eigenvalue weighted by molar-refractivity contribution is -0.155. The van der Waals surface area contributed by atoms with Crippen LogP contribution in [0.4, 0.5) is 0 Å². The van der Waals surface area contributed by atoms with Crippen molar-refractivity contribution in [1.29, 1.82) is 0 Å². The van der Waals surface area contributed by atoms with E-state index in [4.69, 9.17) is 0 Å². The van der Waals surface area contributed by atoms with Gasteiger partial charge in [0.2, 0.25) is 23.6 Å². The second kappa shape index (κ2) is 11.4. The SMILES string of the molecule is COC(=O)C[C@@H](C(=O)CSC(S(=O)(=O)c1ccccc1)S(=O)(=O)c1ccccc1)C(=O)OC. The van der Waals surface area contributed by atoms with E-state index in [2.05, 4.69) is 9.47 Å². The predicted molar refractivity (Wildman–Crippen MR) is 121 cm³/mol. The Bertz CT molecular complexity index is 1120. The van der Waals surface area contributed by atoms with Crippen molar-refractivity contribution in [3.63, 3.8) is 0 Å². The van der Waals surface area contributed by atoms with Crippen LogP contribution >= 0.6 is 11.8 Å². The number of methoxy groups -OCH3 is 2. The van der Waals surface area contributed by atoms with Crippen molar-refractivity contribution in [2.75, 3.05) is 20.0 Å². The molecule has 12 heteroatoms. The lowest BCUT2D eigenvalue weighted by atomic mass is 10.0. The predicted octanol–water partition coefficient (Wildman–Crippen LogP) is 1.87. The quantitative estimate of drug-likeness (QED) is 0.323. The van der Waals surface area contributed by atoms with Gasteiger partial charge in [0.15, 0.2) is 5.78 Å². The second-order valence-electron chi connectivity index (χ2n) is 6.64. The summed E-state index contributed by atoms with van der Waals surface area (Å²) in [5.74, 6) is -4.98. The summed E-state index contributed by atoms with van der Waals surface area (Å²) in [6, 6.07) is 13.9. The molecule has 0 bridgehead atoms. The van der Waals surface area contributed by atoms with Gasteiger partial charge in [-0.05, 0) is 24.3 Å². The highest BCUT2D eigenvalue weighted by molar-refractivity contribution is 8.27. The van der Waals surface area contributed by atoms with Crippen molar-refractivity contribution in [2.24, 2.45) is 5.92 Å². The molecule has 0 saturated heterocycles. The van der Waals surface area contributed by atoms with Gasteiger partial charge in [0, 0.05) is 0 Å². The van der Waals surface area contributed by atoms with E-state index in [-0.39, 0.29) is 9.79 Å². The maximum atomic E-state index is 13.3. The van der Waals surface area contributed by atoms with Gasteiger partial charge in [0.1, 0.15) is 5.92 Å². The highest BCUT2D eigenvalue weighted by Gasteiger charge is 2.42. The largest absolute Gasteiger partial charge is 0.469 e. The smallest absolute Gasteiger partial charge is 0.316 e. The third-order valence-corrected chi connectivity index (χ3v) is 11.9. The first-order chi connectivity index (χ1) is 15.6. The average Bonchev–Trinajstić information content (AvgIpc) is 2.82. The summed E-state index contributed by atoms with van der Waals surface area (Å²) >= 11 is 0.339. The van der Waals surface area contributed by atoms with Gasteiger partial charge in [-0.2, -0.15) is 0 Å². The number of Topliss-reactive ketones (excluding diaryl/α,β-unsaturated/α-hetero) is 1. The Morgan fingerprint density at radius 2 is 1.24 bits per heavy atom. The molecule has 0 unspecified atom stereocenters. The van der Waals surface area contributed by atoms with Gasteiger partial charge in [-0.1, -0.05) is 36.4 Å². The van der Waals surface area contributed by atoms with E-state index in [9.17, 15) is 31.2 Å². The lowest BCUT2D eigenvalue weighted by Gasteiger charge is -2.19. The van der Waals surface area contributed by atoms with Gasteiger partial charge in [0.25, 0.3) is 0 Å². The summed E-state index contributed by atoms with van der Waals surface area (Å²) in [5.41, 5.74) is 0. The number of rotatable bonds is 11. The van der Waals surface area contributed by atoms with Crippen molar-refractivity contribution in [3.8, 4) is 0 Å². The molecular weight excluding hydrogens is 492 g/mol. The van der Waals surface area contributed by atoms with E-state index in [0.717, 1.165) is 14.2 Å². The Labute approximate surface area is 196 Å². The second-order valence-corrected chi connectivity index (χ2v) is 12.7. The molecule has 0 aliphatic carbocycles. The maximum absolute atomic E-state index is 13.3. The highest BCUT2D eigenvalue weighted by atomic mass is 32.3. The molecule has 9 nitrogen and oxygen atoms in total. The normalized spacial score (nSPS) is 12.7. The minimum Gasteiger partial charge on any atom is -0.469 e. The Morgan fingerprint density at radius 1 is 0.788 bits per heavy atom. The van der Waals surface area contributed by atoms with E-state index in [0.29, 0.717) is 11.8 Å². The van der Waals surface area contributed by atoms with Crippen LogP contribution in [0.5, 0.6) is 0 Å². The van der Waals surface area contributed by atoms with Gasteiger partial charge in [-0.15, -0.1) is 11.8 Å². The molecule has 0 heterocycles. The number of carbonyl (C=O) groups is 3. The number of benzene rings is 2. The maximum Gasteiger partial charge on any atom is 0.316 e. The van der Waals surface area contributed by atoms with Gasteiger partial charge in [-0.3, -0.25) is 14.4 Å². The molecule has 0 N–H and O–H groups in total. The fourth-order valence-corrected chi connectivity index (χ4v) is 9.29. The Balaban J connectivity index is 2.44. The van der Waals surface area contributed by atoms with Crippen LogP contribution in [0.15, 0.2) is 70.5 Å². The first-order valence-corrected chi connectivity index (χ1v) is 13.6. The topological polar surface area (TPSA) is 138 Å². The van der Waals surface area contributed by atoms with Crippen LogP contribution in [-0.2, 0) is 43.5 Å². The Morgan fingerprint density at radius 3 is 1.64 bits per heavy atom. The van der Waals surface area contributed by atoms with Crippen molar-refractivity contribution in [3.05, 3.63) is 60.7 Å². The van der Waals surface area contributed by atoms with E-state index in [1.807, 2.05) is 0 Å². The zero-order valence-corrected chi connectivity index (χ0v) is 20.2. The van der Waals surface area contributed by atoms with Gasteiger partial charge in [-0.25, -0.2) is 16.8 Å². The standard InChI is InChI=1S/C21H22O9S3/c1-29-19(23)13-17(20(24)30-2)18(22)14-31-21(32(25,26)15-9-5-3-6-10-15)33(27,28)16-11-7-4-8-12-16/h3-12,17,21H,13-14H2,1-2H3/t17-/m0/s1. The van der Waals surface area contributed by atoms with E-state index in [1.165, 1.54) is 48.5 Å². The molecule has 0 fully saturated rings. The van der Waals surface area contributed by atoms with Gasteiger partial charge in [0.05, 0.1) is 36.2 Å². The van der Waals surface area contributed by atoms with Crippen molar-refractivity contribution < 1.29 is 40.7 Å². The number of carbonyl (C=O) groups excluding carboxylic acids is 3. The van der Waals surface area contributed by atoms with E-state index >= 15 is 0 Å². The summed E-state index contributed by atoms with van der Waals surface area (Å²) in [4.78, 5) is 35.8. The van der Waals surface area contributed by atoms with Crippen LogP contribution in [0.2, 0.25) is 0 Å². The van der Waals surface area contributed by atoms with Crippen molar-refractivity contribution in [1.82, 2.24) is 0 Å². The van der Waals surface area contributed by atoms with E-state index < -0.39 is 59.4 Å². The monoisotopic (exact) mass is 514 g/mol. The van der Waals surface area contributed by atoms with Crippen LogP contribution in [0.3, 0.4) is 0 Å². The molecule has 0 aromatic heterocycles. The molecule has 1 atom stereocenters.